The summed E-state index contributed by atoms with van der Waals surface area (Å²) in [4.78, 5) is 11.6. The molecule has 0 bridgehead atoms. The Balaban J connectivity index is 3.21. The van der Waals surface area contributed by atoms with Crippen LogP contribution in [0.25, 0.3) is 10.8 Å². The lowest BCUT2D eigenvalue weighted by atomic mass is 9.83. The van der Waals surface area contributed by atoms with Crippen molar-refractivity contribution in [2.24, 2.45) is 0 Å². The number of benzene rings is 2. The molecule has 0 heterocycles. The van der Waals surface area contributed by atoms with Gasteiger partial charge in [-0.25, -0.2) is 4.79 Å². The first kappa shape index (κ1) is 14.6. The SMILES string of the molecule is Cc1c(C)c(C)c2c(C)c(C(=O)O)c(C)c(C)c2c1C. The van der Waals surface area contributed by atoms with Gasteiger partial charge in [-0.1, -0.05) is 0 Å². The summed E-state index contributed by atoms with van der Waals surface area (Å²) in [5, 5.41) is 11.9. The van der Waals surface area contributed by atoms with Crippen molar-refractivity contribution in [3.05, 3.63) is 44.5 Å². The maximum absolute atomic E-state index is 11.6. The van der Waals surface area contributed by atoms with Crippen molar-refractivity contribution < 1.29 is 9.90 Å². The molecule has 0 aromatic heterocycles. The first-order chi connectivity index (χ1) is 9.20. The van der Waals surface area contributed by atoms with Gasteiger partial charge in [-0.15, -0.1) is 0 Å². The van der Waals surface area contributed by atoms with Gasteiger partial charge in [0.05, 0.1) is 5.56 Å². The Morgan fingerprint density at radius 3 is 1.35 bits per heavy atom. The minimum atomic E-state index is -0.833. The normalized spacial score (nSPS) is 11.2. The largest absolute Gasteiger partial charge is 0.478 e. The Morgan fingerprint density at radius 1 is 0.600 bits per heavy atom. The third-order valence-corrected chi connectivity index (χ3v) is 4.96. The van der Waals surface area contributed by atoms with Gasteiger partial charge < -0.3 is 5.11 Å². The highest BCUT2D eigenvalue weighted by Crippen LogP contribution is 2.37. The molecule has 0 spiro atoms. The van der Waals surface area contributed by atoms with Crippen LogP contribution in [0.4, 0.5) is 0 Å². The summed E-state index contributed by atoms with van der Waals surface area (Å²) < 4.78 is 0. The molecule has 0 atom stereocenters. The summed E-state index contributed by atoms with van der Waals surface area (Å²) in [6.07, 6.45) is 0. The molecule has 20 heavy (non-hydrogen) atoms. The summed E-state index contributed by atoms with van der Waals surface area (Å²) >= 11 is 0. The van der Waals surface area contributed by atoms with Crippen molar-refractivity contribution in [1.29, 1.82) is 0 Å². The average molecular weight is 270 g/mol. The van der Waals surface area contributed by atoms with Gasteiger partial charge in [0.1, 0.15) is 0 Å². The second kappa shape index (κ2) is 4.62. The highest BCUT2D eigenvalue weighted by Gasteiger charge is 2.21. The quantitative estimate of drug-likeness (QED) is 0.815. The van der Waals surface area contributed by atoms with Crippen LogP contribution >= 0.6 is 0 Å². The van der Waals surface area contributed by atoms with E-state index in [0.717, 1.165) is 22.1 Å². The van der Waals surface area contributed by atoms with Crippen LogP contribution in [0.3, 0.4) is 0 Å². The third kappa shape index (κ3) is 1.75. The molecule has 0 aliphatic heterocycles. The molecule has 2 aromatic carbocycles. The molecule has 1 N–H and O–H groups in total. The van der Waals surface area contributed by atoms with Gasteiger partial charge in [0.25, 0.3) is 0 Å². The van der Waals surface area contributed by atoms with Gasteiger partial charge in [0.2, 0.25) is 0 Å². The number of rotatable bonds is 1. The van der Waals surface area contributed by atoms with E-state index < -0.39 is 5.97 Å². The molecular formula is C18H22O2. The van der Waals surface area contributed by atoms with Crippen LogP contribution in [-0.4, -0.2) is 11.1 Å². The van der Waals surface area contributed by atoms with Crippen molar-refractivity contribution >= 4 is 16.7 Å². The zero-order valence-electron chi connectivity index (χ0n) is 13.4. The molecule has 0 aliphatic carbocycles. The Labute approximate surface area is 120 Å². The van der Waals surface area contributed by atoms with E-state index in [2.05, 4.69) is 27.7 Å². The Bertz CT molecular complexity index is 753. The molecule has 0 saturated heterocycles. The maximum Gasteiger partial charge on any atom is 0.336 e. The second-order valence-electron chi connectivity index (χ2n) is 5.81. The first-order valence-electron chi connectivity index (χ1n) is 6.93. The van der Waals surface area contributed by atoms with Crippen LogP contribution in [0.2, 0.25) is 0 Å². The molecule has 0 saturated carbocycles. The average Bonchev–Trinajstić information content (AvgIpc) is 2.37. The van der Waals surface area contributed by atoms with Crippen molar-refractivity contribution in [3.8, 4) is 0 Å². The monoisotopic (exact) mass is 270 g/mol. The highest BCUT2D eigenvalue weighted by atomic mass is 16.4. The summed E-state index contributed by atoms with van der Waals surface area (Å²) in [7, 11) is 0. The molecule has 0 aliphatic rings. The Hall–Kier alpha value is -1.83. The Kier molecular flexibility index (Phi) is 3.37. The standard InChI is InChI=1S/C18H22O2/c1-8-9(2)11(4)16-14(7)17(18(19)20)13(6)12(5)15(16)10(8)3/h1-7H3,(H,19,20). The topological polar surface area (TPSA) is 37.3 Å². The van der Waals surface area contributed by atoms with Crippen molar-refractivity contribution in [2.75, 3.05) is 0 Å². The zero-order valence-corrected chi connectivity index (χ0v) is 13.4. The number of fused-ring (bicyclic) bond motifs is 1. The van der Waals surface area contributed by atoms with Gasteiger partial charge in [0.15, 0.2) is 0 Å². The maximum atomic E-state index is 11.6. The summed E-state index contributed by atoms with van der Waals surface area (Å²) in [5.41, 5.74) is 8.35. The summed E-state index contributed by atoms with van der Waals surface area (Å²) in [6, 6.07) is 0. The predicted molar refractivity (Wildman–Crippen MR) is 84.1 cm³/mol. The van der Waals surface area contributed by atoms with Gasteiger partial charge in [0, 0.05) is 0 Å². The molecule has 0 radical (unpaired) electrons. The fourth-order valence-electron chi connectivity index (χ4n) is 3.35. The van der Waals surface area contributed by atoms with E-state index in [1.54, 1.807) is 0 Å². The van der Waals surface area contributed by atoms with Crippen LogP contribution in [0, 0.1) is 48.5 Å². The lowest BCUT2D eigenvalue weighted by Crippen LogP contribution is -2.08. The van der Waals surface area contributed by atoms with E-state index in [1.807, 2.05) is 20.8 Å². The van der Waals surface area contributed by atoms with Crippen LogP contribution in [0.15, 0.2) is 0 Å². The molecular weight excluding hydrogens is 248 g/mol. The second-order valence-corrected chi connectivity index (χ2v) is 5.81. The molecule has 0 amide bonds. The van der Waals surface area contributed by atoms with Gasteiger partial charge in [-0.3, -0.25) is 0 Å². The third-order valence-electron chi connectivity index (χ3n) is 4.96. The number of carbonyl (C=O) groups is 1. The number of carboxylic acids is 1. The molecule has 0 fully saturated rings. The van der Waals surface area contributed by atoms with Gasteiger partial charge in [-0.2, -0.15) is 0 Å². The lowest BCUT2D eigenvalue weighted by molar-refractivity contribution is 0.0695. The van der Waals surface area contributed by atoms with Crippen LogP contribution in [0.5, 0.6) is 0 Å². The molecule has 106 valence electrons. The number of aromatic carboxylic acids is 1. The van der Waals surface area contributed by atoms with E-state index in [1.165, 1.54) is 27.6 Å². The van der Waals surface area contributed by atoms with Gasteiger partial charge in [-0.05, 0) is 98.2 Å². The predicted octanol–water partition coefficient (Wildman–Crippen LogP) is 4.70. The number of hydrogen-bond acceptors (Lipinski definition) is 1. The van der Waals surface area contributed by atoms with Crippen LogP contribution in [-0.2, 0) is 0 Å². The van der Waals surface area contributed by atoms with Crippen molar-refractivity contribution in [3.63, 3.8) is 0 Å². The smallest absolute Gasteiger partial charge is 0.336 e. The van der Waals surface area contributed by atoms with E-state index >= 15 is 0 Å². The number of carboxylic acid groups (broad SMARTS) is 1. The van der Waals surface area contributed by atoms with Crippen LogP contribution < -0.4 is 0 Å². The van der Waals surface area contributed by atoms with Crippen molar-refractivity contribution in [2.45, 2.75) is 48.5 Å². The highest BCUT2D eigenvalue weighted by molar-refractivity contribution is 6.04. The van der Waals surface area contributed by atoms with E-state index in [0.29, 0.717) is 5.56 Å². The van der Waals surface area contributed by atoms with Gasteiger partial charge >= 0.3 is 5.97 Å². The fraction of sp³-hybridized carbons (Fsp3) is 0.389. The fourth-order valence-corrected chi connectivity index (χ4v) is 3.35. The molecule has 2 heteroatoms. The van der Waals surface area contributed by atoms with Crippen molar-refractivity contribution in [1.82, 2.24) is 0 Å². The summed E-state index contributed by atoms with van der Waals surface area (Å²) in [6.45, 7) is 14.4. The molecule has 2 rings (SSSR count). The minimum absolute atomic E-state index is 0.459. The zero-order chi connectivity index (χ0) is 15.4. The molecule has 2 nitrogen and oxygen atoms in total. The lowest BCUT2D eigenvalue weighted by Gasteiger charge is -2.21. The van der Waals surface area contributed by atoms with E-state index in [-0.39, 0.29) is 0 Å². The number of hydrogen-bond donors (Lipinski definition) is 1. The van der Waals surface area contributed by atoms with E-state index in [4.69, 9.17) is 0 Å². The minimum Gasteiger partial charge on any atom is -0.478 e. The Morgan fingerprint density at radius 2 is 0.950 bits per heavy atom. The first-order valence-corrected chi connectivity index (χ1v) is 6.93. The van der Waals surface area contributed by atoms with Crippen LogP contribution in [0.1, 0.15) is 49.3 Å². The number of aryl methyl sites for hydroxylation is 4. The van der Waals surface area contributed by atoms with E-state index in [9.17, 15) is 9.90 Å². The molecule has 0 unspecified atom stereocenters. The summed E-state index contributed by atoms with van der Waals surface area (Å²) in [5.74, 6) is -0.833. The molecule has 2 aromatic rings.